The quantitative estimate of drug-likeness (QED) is 0.280. The first-order chi connectivity index (χ1) is 18.5. The normalized spacial score (nSPS) is 12.9. The van der Waals surface area contributed by atoms with Gasteiger partial charge in [-0.25, -0.2) is 0 Å². The van der Waals surface area contributed by atoms with Gasteiger partial charge in [-0.05, 0) is 101 Å². The first-order valence-electron chi connectivity index (χ1n) is 13.0. The van der Waals surface area contributed by atoms with Crippen LogP contribution in [0.25, 0.3) is 22.3 Å². The first-order valence-corrected chi connectivity index (χ1v) is 13.0. The van der Waals surface area contributed by atoms with Crippen LogP contribution in [0.4, 0.5) is 0 Å². The molecule has 5 heteroatoms. The Bertz CT molecular complexity index is 1410. The molecule has 0 unspecified atom stereocenters. The third-order valence-electron chi connectivity index (χ3n) is 7.36. The van der Waals surface area contributed by atoms with E-state index in [1.54, 1.807) is 42.3 Å². The standard InChI is InChI=1S/C17H20O3.C17H18O2/c1-17(2,18)16-9-8-14(20-4)11-15(16)12-6-5-7-13(10-12)19-3;1-17(2)15-7-5-11(18-3)9-13(15)14-10-12(19-4)6-8-16(14)17/h5-11,18H,1-4H3;5-10H,1-4H3. The Kier molecular flexibility index (Phi) is 7.94. The largest absolute Gasteiger partial charge is 0.497 e. The lowest BCUT2D eigenvalue weighted by Gasteiger charge is -2.22. The SMILES string of the molecule is COc1ccc2c(c1)-c1cc(OC)ccc1C2(C)C.COc1cccc(-c2cc(OC)ccc2C(C)(C)O)c1. The van der Waals surface area contributed by atoms with Crippen LogP contribution in [-0.4, -0.2) is 33.5 Å². The first kappa shape index (κ1) is 28.1. The van der Waals surface area contributed by atoms with E-state index in [-0.39, 0.29) is 5.41 Å². The highest BCUT2D eigenvalue weighted by Gasteiger charge is 2.35. The maximum absolute atomic E-state index is 10.3. The van der Waals surface area contributed by atoms with Crippen LogP contribution in [0.2, 0.25) is 0 Å². The number of fused-ring (bicyclic) bond motifs is 3. The second-order valence-corrected chi connectivity index (χ2v) is 10.7. The van der Waals surface area contributed by atoms with Crippen LogP contribution in [0.15, 0.2) is 78.9 Å². The molecule has 5 rings (SSSR count). The monoisotopic (exact) mass is 526 g/mol. The second-order valence-electron chi connectivity index (χ2n) is 10.7. The summed E-state index contributed by atoms with van der Waals surface area (Å²) < 4.78 is 21.2. The molecule has 0 radical (unpaired) electrons. The Morgan fingerprint density at radius 2 is 1.00 bits per heavy atom. The molecule has 1 aliphatic carbocycles. The summed E-state index contributed by atoms with van der Waals surface area (Å²) in [7, 11) is 6.68. The zero-order valence-electron chi connectivity index (χ0n) is 24.1. The van der Waals surface area contributed by atoms with Crippen LogP contribution in [-0.2, 0) is 11.0 Å². The van der Waals surface area contributed by atoms with Gasteiger partial charge < -0.3 is 24.1 Å². The molecule has 0 spiro atoms. The van der Waals surface area contributed by atoms with Gasteiger partial charge in [-0.15, -0.1) is 0 Å². The maximum atomic E-state index is 10.3. The molecule has 0 atom stereocenters. The summed E-state index contributed by atoms with van der Waals surface area (Å²) >= 11 is 0. The van der Waals surface area contributed by atoms with E-state index in [4.69, 9.17) is 18.9 Å². The Balaban J connectivity index is 0.000000181. The molecule has 5 nitrogen and oxygen atoms in total. The van der Waals surface area contributed by atoms with Crippen LogP contribution in [0.5, 0.6) is 23.0 Å². The highest BCUT2D eigenvalue weighted by molar-refractivity contribution is 5.82. The van der Waals surface area contributed by atoms with E-state index in [1.165, 1.54) is 22.3 Å². The summed E-state index contributed by atoms with van der Waals surface area (Å²) in [5, 5.41) is 10.3. The predicted molar refractivity (Wildman–Crippen MR) is 157 cm³/mol. The van der Waals surface area contributed by atoms with Gasteiger partial charge in [-0.2, -0.15) is 0 Å². The van der Waals surface area contributed by atoms with E-state index in [0.717, 1.165) is 39.7 Å². The Labute approximate surface area is 232 Å². The van der Waals surface area contributed by atoms with Gasteiger partial charge in [0.1, 0.15) is 23.0 Å². The van der Waals surface area contributed by atoms with Crippen molar-refractivity contribution >= 4 is 0 Å². The van der Waals surface area contributed by atoms with Crippen molar-refractivity contribution in [2.24, 2.45) is 0 Å². The van der Waals surface area contributed by atoms with Crippen molar-refractivity contribution in [3.63, 3.8) is 0 Å². The molecular weight excluding hydrogens is 488 g/mol. The fourth-order valence-corrected chi connectivity index (χ4v) is 5.19. The molecule has 0 heterocycles. The lowest BCUT2D eigenvalue weighted by atomic mass is 9.82. The summed E-state index contributed by atoms with van der Waals surface area (Å²) in [5.74, 6) is 3.33. The summed E-state index contributed by atoms with van der Waals surface area (Å²) in [4.78, 5) is 0. The number of methoxy groups -OCH3 is 4. The fourth-order valence-electron chi connectivity index (χ4n) is 5.19. The zero-order chi connectivity index (χ0) is 28.4. The third kappa shape index (κ3) is 5.59. The number of hydrogen-bond donors (Lipinski definition) is 1. The molecule has 0 aromatic heterocycles. The van der Waals surface area contributed by atoms with Crippen LogP contribution in [0.1, 0.15) is 44.4 Å². The molecule has 0 saturated carbocycles. The van der Waals surface area contributed by atoms with Crippen LogP contribution in [0, 0.1) is 0 Å². The molecule has 1 aliphatic rings. The average Bonchev–Trinajstić information content (AvgIpc) is 3.17. The molecule has 39 heavy (non-hydrogen) atoms. The molecule has 0 aliphatic heterocycles. The number of benzene rings is 4. The van der Waals surface area contributed by atoms with Crippen molar-refractivity contribution < 1.29 is 24.1 Å². The van der Waals surface area contributed by atoms with Gasteiger partial charge in [-0.3, -0.25) is 0 Å². The minimum Gasteiger partial charge on any atom is -0.497 e. The lowest BCUT2D eigenvalue weighted by Crippen LogP contribution is -2.16. The average molecular weight is 527 g/mol. The molecule has 4 aromatic carbocycles. The van der Waals surface area contributed by atoms with Crippen molar-refractivity contribution in [1.29, 1.82) is 0 Å². The van der Waals surface area contributed by atoms with Crippen LogP contribution in [0.3, 0.4) is 0 Å². The molecule has 0 saturated heterocycles. The van der Waals surface area contributed by atoms with E-state index in [2.05, 4.69) is 38.1 Å². The van der Waals surface area contributed by atoms with E-state index in [1.807, 2.05) is 54.6 Å². The Hall–Kier alpha value is -3.96. The summed E-state index contributed by atoms with van der Waals surface area (Å²) in [6, 6.07) is 26.1. The summed E-state index contributed by atoms with van der Waals surface area (Å²) in [6.07, 6.45) is 0. The zero-order valence-corrected chi connectivity index (χ0v) is 24.1. The number of rotatable bonds is 6. The predicted octanol–water partition coefficient (Wildman–Crippen LogP) is 7.61. The third-order valence-corrected chi connectivity index (χ3v) is 7.36. The van der Waals surface area contributed by atoms with E-state index in [0.29, 0.717) is 0 Å². The van der Waals surface area contributed by atoms with Gasteiger partial charge in [0.2, 0.25) is 0 Å². The fraction of sp³-hybridized carbons (Fsp3) is 0.294. The van der Waals surface area contributed by atoms with Gasteiger partial charge in [0.25, 0.3) is 0 Å². The second kappa shape index (κ2) is 11.0. The van der Waals surface area contributed by atoms with Gasteiger partial charge in [0.15, 0.2) is 0 Å². The lowest BCUT2D eigenvalue weighted by molar-refractivity contribution is 0.0791. The minimum absolute atomic E-state index is 0.0310. The summed E-state index contributed by atoms with van der Waals surface area (Å²) in [6.45, 7) is 8.07. The van der Waals surface area contributed by atoms with Gasteiger partial charge in [-0.1, -0.05) is 44.2 Å². The molecule has 0 amide bonds. The van der Waals surface area contributed by atoms with Crippen molar-refractivity contribution in [2.45, 2.75) is 38.7 Å². The number of aliphatic hydroxyl groups is 1. The molecule has 0 fully saturated rings. The molecule has 0 bridgehead atoms. The van der Waals surface area contributed by atoms with E-state index < -0.39 is 5.60 Å². The molecule has 4 aromatic rings. The van der Waals surface area contributed by atoms with Gasteiger partial charge in [0.05, 0.1) is 34.0 Å². The molecular formula is C34H38O5. The van der Waals surface area contributed by atoms with Crippen molar-refractivity contribution in [3.05, 3.63) is 95.6 Å². The summed E-state index contributed by atoms with van der Waals surface area (Å²) in [5.41, 5.74) is 7.07. The molecule has 204 valence electrons. The van der Waals surface area contributed by atoms with Crippen molar-refractivity contribution in [2.75, 3.05) is 28.4 Å². The number of hydrogen-bond acceptors (Lipinski definition) is 5. The maximum Gasteiger partial charge on any atom is 0.119 e. The van der Waals surface area contributed by atoms with Crippen molar-refractivity contribution in [3.8, 4) is 45.3 Å². The molecule has 1 N–H and O–H groups in total. The Morgan fingerprint density at radius 1 is 0.564 bits per heavy atom. The van der Waals surface area contributed by atoms with E-state index in [9.17, 15) is 5.11 Å². The van der Waals surface area contributed by atoms with Crippen LogP contribution < -0.4 is 18.9 Å². The number of ether oxygens (including phenoxy) is 4. The highest BCUT2D eigenvalue weighted by atomic mass is 16.5. The smallest absolute Gasteiger partial charge is 0.119 e. The van der Waals surface area contributed by atoms with Gasteiger partial charge >= 0.3 is 0 Å². The van der Waals surface area contributed by atoms with Gasteiger partial charge in [0, 0.05) is 5.41 Å². The topological polar surface area (TPSA) is 57.2 Å². The van der Waals surface area contributed by atoms with Crippen LogP contribution >= 0.6 is 0 Å². The Morgan fingerprint density at radius 3 is 1.46 bits per heavy atom. The van der Waals surface area contributed by atoms with E-state index >= 15 is 0 Å². The van der Waals surface area contributed by atoms with Crippen molar-refractivity contribution in [1.82, 2.24) is 0 Å². The minimum atomic E-state index is -0.926. The highest BCUT2D eigenvalue weighted by Crippen LogP contribution is 2.50.